The van der Waals surface area contributed by atoms with Gasteiger partial charge in [0.1, 0.15) is 0 Å². The van der Waals surface area contributed by atoms with E-state index < -0.39 is 12.5 Å². The fourth-order valence-electron chi connectivity index (χ4n) is 2.49. The summed E-state index contributed by atoms with van der Waals surface area (Å²) in [5.41, 5.74) is 2.20. The monoisotopic (exact) mass is 345 g/mol. The van der Waals surface area contributed by atoms with Gasteiger partial charge in [0.05, 0.1) is 6.54 Å². The Morgan fingerprint density at radius 3 is 2.90 bits per heavy atom. The van der Waals surface area contributed by atoms with Gasteiger partial charge in [0.2, 0.25) is 5.91 Å². The lowest BCUT2D eigenvalue weighted by Gasteiger charge is -2.32. The van der Waals surface area contributed by atoms with E-state index in [0.29, 0.717) is 19.4 Å². The van der Waals surface area contributed by atoms with Crippen LogP contribution in [-0.2, 0) is 11.2 Å². The molecule has 0 radical (unpaired) electrons. The molecule has 0 bridgehead atoms. The first-order valence-corrected chi connectivity index (χ1v) is 7.57. The van der Waals surface area contributed by atoms with Crippen molar-refractivity contribution in [2.24, 2.45) is 0 Å². The maximum atomic E-state index is 13.3. The number of hydrogen-bond acceptors (Lipinski definition) is 1. The third-order valence-electron chi connectivity index (χ3n) is 3.66. The van der Waals surface area contributed by atoms with Crippen LogP contribution in [0.25, 0.3) is 0 Å². The Bertz CT molecular complexity index is 505. The summed E-state index contributed by atoms with van der Waals surface area (Å²) in [4.78, 5) is 13.3. The highest BCUT2D eigenvalue weighted by Gasteiger charge is 2.36. The SMILES string of the molecule is Cc1ccc(Br)cc1CCC(=O)N1CCCC(F)(F)C1. The number of halogens is 3. The van der Waals surface area contributed by atoms with Gasteiger partial charge in [-0.2, -0.15) is 0 Å². The molecule has 0 unspecified atom stereocenters. The molecule has 1 aromatic rings. The second-order valence-corrected chi connectivity index (χ2v) is 6.26. The molecule has 1 saturated heterocycles. The molecule has 0 atom stereocenters. The Labute approximate surface area is 126 Å². The fourth-order valence-corrected chi connectivity index (χ4v) is 2.90. The van der Waals surface area contributed by atoms with Crippen molar-refractivity contribution in [1.29, 1.82) is 0 Å². The molecule has 1 aliphatic heterocycles. The Kier molecular flexibility index (Phi) is 4.78. The van der Waals surface area contributed by atoms with Crippen molar-refractivity contribution in [3.63, 3.8) is 0 Å². The number of aryl methyl sites for hydroxylation is 2. The lowest BCUT2D eigenvalue weighted by atomic mass is 10.0. The van der Waals surface area contributed by atoms with Gasteiger partial charge in [-0.1, -0.05) is 22.0 Å². The molecule has 20 heavy (non-hydrogen) atoms. The zero-order valence-electron chi connectivity index (χ0n) is 11.5. The van der Waals surface area contributed by atoms with E-state index in [9.17, 15) is 13.6 Å². The number of benzene rings is 1. The first-order chi connectivity index (χ1) is 9.37. The summed E-state index contributed by atoms with van der Waals surface area (Å²) in [7, 11) is 0. The second kappa shape index (κ2) is 6.20. The van der Waals surface area contributed by atoms with E-state index >= 15 is 0 Å². The number of carbonyl (C=O) groups excluding carboxylic acids is 1. The predicted molar refractivity (Wildman–Crippen MR) is 78.0 cm³/mol. The minimum Gasteiger partial charge on any atom is -0.337 e. The molecule has 0 saturated carbocycles. The van der Waals surface area contributed by atoms with Gasteiger partial charge >= 0.3 is 0 Å². The van der Waals surface area contributed by atoms with Gasteiger partial charge in [0.15, 0.2) is 0 Å². The van der Waals surface area contributed by atoms with Crippen LogP contribution in [0.5, 0.6) is 0 Å². The standard InChI is InChI=1S/C15H18BrF2NO/c1-11-3-5-13(16)9-12(11)4-6-14(20)19-8-2-7-15(17,18)10-19/h3,5,9H,2,4,6-8,10H2,1H3. The Balaban J connectivity index is 1.93. The Hall–Kier alpha value is -0.970. The maximum Gasteiger partial charge on any atom is 0.265 e. The topological polar surface area (TPSA) is 20.3 Å². The fraction of sp³-hybridized carbons (Fsp3) is 0.533. The van der Waals surface area contributed by atoms with Crippen molar-refractivity contribution in [1.82, 2.24) is 4.90 Å². The van der Waals surface area contributed by atoms with Gasteiger partial charge < -0.3 is 4.90 Å². The molecule has 2 nitrogen and oxygen atoms in total. The molecule has 1 fully saturated rings. The van der Waals surface area contributed by atoms with Crippen molar-refractivity contribution < 1.29 is 13.6 Å². The van der Waals surface area contributed by atoms with Crippen molar-refractivity contribution >= 4 is 21.8 Å². The lowest BCUT2D eigenvalue weighted by molar-refractivity contribution is -0.141. The molecule has 0 spiro atoms. The smallest absolute Gasteiger partial charge is 0.265 e. The molecule has 1 aliphatic rings. The van der Waals surface area contributed by atoms with Crippen LogP contribution in [-0.4, -0.2) is 29.8 Å². The van der Waals surface area contributed by atoms with E-state index in [1.165, 1.54) is 4.90 Å². The van der Waals surface area contributed by atoms with Crippen LogP contribution in [0.1, 0.15) is 30.4 Å². The van der Waals surface area contributed by atoms with Gasteiger partial charge in [-0.25, -0.2) is 8.78 Å². The van der Waals surface area contributed by atoms with Gasteiger partial charge in [-0.3, -0.25) is 4.79 Å². The van der Waals surface area contributed by atoms with E-state index in [1.54, 1.807) is 0 Å². The first-order valence-electron chi connectivity index (χ1n) is 6.78. The minimum atomic E-state index is -2.72. The van der Waals surface area contributed by atoms with E-state index in [2.05, 4.69) is 15.9 Å². The number of piperidine rings is 1. The molecule has 110 valence electrons. The van der Waals surface area contributed by atoms with Crippen LogP contribution in [0.15, 0.2) is 22.7 Å². The summed E-state index contributed by atoms with van der Waals surface area (Å²) in [6.45, 7) is 2.01. The van der Waals surface area contributed by atoms with Crippen LogP contribution < -0.4 is 0 Å². The zero-order valence-corrected chi connectivity index (χ0v) is 13.1. The van der Waals surface area contributed by atoms with Crippen LogP contribution in [0.2, 0.25) is 0 Å². The molecule has 0 aromatic heterocycles. The summed E-state index contributed by atoms with van der Waals surface area (Å²) >= 11 is 3.40. The lowest BCUT2D eigenvalue weighted by Crippen LogP contribution is -2.45. The number of amides is 1. The molecule has 0 aliphatic carbocycles. The summed E-state index contributed by atoms with van der Waals surface area (Å²) in [5.74, 6) is -2.90. The highest BCUT2D eigenvalue weighted by Crippen LogP contribution is 2.27. The van der Waals surface area contributed by atoms with E-state index in [1.807, 2.05) is 25.1 Å². The summed E-state index contributed by atoms with van der Waals surface area (Å²) in [6, 6.07) is 5.91. The van der Waals surface area contributed by atoms with Gasteiger partial charge in [0.25, 0.3) is 5.92 Å². The average molecular weight is 346 g/mol. The first kappa shape index (κ1) is 15.4. The van der Waals surface area contributed by atoms with Crippen LogP contribution in [0, 0.1) is 6.92 Å². The molecule has 2 rings (SSSR count). The van der Waals surface area contributed by atoms with Crippen molar-refractivity contribution in [2.75, 3.05) is 13.1 Å². The number of carbonyl (C=O) groups is 1. The van der Waals surface area contributed by atoms with Crippen molar-refractivity contribution in [3.8, 4) is 0 Å². The summed E-state index contributed by atoms with van der Waals surface area (Å²) in [6.07, 6.45) is 1.15. The van der Waals surface area contributed by atoms with E-state index in [4.69, 9.17) is 0 Å². The molecule has 1 aromatic carbocycles. The van der Waals surface area contributed by atoms with Gasteiger partial charge in [0, 0.05) is 23.9 Å². The van der Waals surface area contributed by atoms with Crippen LogP contribution in [0.4, 0.5) is 8.78 Å². The van der Waals surface area contributed by atoms with Gasteiger partial charge in [-0.05, 0) is 43.0 Å². The van der Waals surface area contributed by atoms with Crippen LogP contribution in [0.3, 0.4) is 0 Å². The second-order valence-electron chi connectivity index (χ2n) is 5.35. The van der Waals surface area contributed by atoms with Gasteiger partial charge in [-0.15, -0.1) is 0 Å². The summed E-state index contributed by atoms with van der Waals surface area (Å²) < 4.78 is 27.6. The van der Waals surface area contributed by atoms with Crippen molar-refractivity contribution in [2.45, 2.75) is 38.5 Å². The maximum absolute atomic E-state index is 13.3. The summed E-state index contributed by atoms with van der Waals surface area (Å²) in [5, 5.41) is 0. The third kappa shape index (κ3) is 4.01. The molecular weight excluding hydrogens is 328 g/mol. The van der Waals surface area contributed by atoms with Crippen LogP contribution >= 0.6 is 15.9 Å². The highest BCUT2D eigenvalue weighted by molar-refractivity contribution is 9.10. The Morgan fingerprint density at radius 1 is 1.45 bits per heavy atom. The third-order valence-corrected chi connectivity index (χ3v) is 4.16. The zero-order chi connectivity index (χ0) is 14.8. The minimum absolute atomic E-state index is 0.110. The Morgan fingerprint density at radius 2 is 2.20 bits per heavy atom. The van der Waals surface area contributed by atoms with E-state index in [0.717, 1.165) is 15.6 Å². The normalized spacial score (nSPS) is 18.1. The quantitative estimate of drug-likeness (QED) is 0.812. The molecule has 1 heterocycles. The number of nitrogens with zero attached hydrogens (tertiary/aromatic N) is 1. The number of hydrogen-bond donors (Lipinski definition) is 0. The van der Waals surface area contributed by atoms with Crippen molar-refractivity contribution in [3.05, 3.63) is 33.8 Å². The number of likely N-dealkylation sites (tertiary alicyclic amines) is 1. The largest absolute Gasteiger partial charge is 0.337 e. The van der Waals surface area contributed by atoms with E-state index in [-0.39, 0.29) is 18.7 Å². The molecule has 1 amide bonds. The number of alkyl halides is 2. The number of rotatable bonds is 3. The molecule has 5 heteroatoms. The molecular formula is C15H18BrF2NO. The molecule has 0 N–H and O–H groups in total. The average Bonchev–Trinajstić information content (AvgIpc) is 2.38. The predicted octanol–water partition coefficient (Wildman–Crippen LogP) is 3.95. The highest BCUT2D eigenvalue weighted by atomic mass is 79.9.